The molecule has 0 spiro atoms. The highest BCUT2D eigenvalue weighted by atomic mass is 19.1. The number of carboxylic acid groups (broad SMARTS) is 1. The van der Waals surface area contributed by atoms with Crippen molar-refractivity contribution in [2.24, 2.45) is 5.92 Å². The lowest BCUT2D eigenvalue weighted by molar-refractivity contribution is -0.131. The number of hydrogen-bond acceptors (Lipinski definition) is 2. The first-order valence-electron chi connectivity index (χ1n) is 7.05. The lowest BCUT2D eigenvalue weighted by atomic mass is 10.1. The Balaban J connectivity index is 2.31. The highest BCUT2D eigenvalue weighted by Crippen LogP contribution is 2.34. The summed E-state index contributed by atoms with van der Waals surface area (Å²) in [5.41, 5.74) is 0.177. The van der Waals surface area contributed by atoms with E-state index in [1.807, 2.05) is 13.8 Å². The molecule has 114 valence electrons. The van der Waals surface area contributed by atoms with Gasteiger partial charge in [0.15, 0.2) is 0 Å². The summed E-state index contributed by atoms with van der Waals surface area (Å²) < 4.78 is 28.5. The standard InChI is InChI=1S/C16H19F2NO2/c1-10(2)19(9-11-3-4-11)16-13(17)7-12(8-14(16)18)5-6-15(20)21/h5-8,10-11H,3-4,9H2,1-2H3,(H,20,21). The van der Waals surface area contributed by atoms with Gasteiger partial charge in [-0.1, -0.05) is 0 Å². The highest BCUT2D eigenvalue weighted by molar-refractivity contribution is 5.85. The lowest BCUT2D eigenvalue weighted by Crippen LogP contribution is -2.34. The van der Waals surface area contributed by atoms with Crippen molar-refractivity contribution < 1.29 is 18.7 Å². The van der Waals surface area contributed by atoms with Gasteiger partial charge in [-0.05, 0) is 56.4 Å². The molecule has 0 aliphatic heterocycles. The first-order chi connectivity index (χ1) is 9.88. The number of carboxylic acids is 1. The first-order valence-corrected chi connectivity index (χ1v) is 7.05. The Morgan fingerprint density at radius 3 is 2.38 bits per heavy atom. The van der Waals surface area contributed by atoms with Crippen LogP contribution in [0.2, 0.25) is 0 Å². The molecular formula is C16H19F2NO2. The van der Waals surface area contributed by atoms with Crippen LogP contribution in [0, 0.1) is 17.6 Å². The molecule has 3 nitrogen and oxygen atoms in total. The van der Waals surface area contributed by atoms with Gasteiger partial charge >= 0.3 is 5.97 Å². The normalized spacial score (nSPS) is 14.9. The summed E-state index contributed by atoms with van der Waals surface area (Å²) >= 11 is 0. The third kappa shape index (κ3) is 4.03. The molecule has 1 saturated carbocycles. The first kappa shape index (κ1) is 15.5. The van der Waals surface area contributed by atoms with E-state index in [1.54, 1.807) is 4.90 Å². The van der Waals surface area contributed by atoms with Gasteiger partial charge in [-0.25, -0.2) is 13.6 Å². The number of nitrogens with zero attached hydrogens (tertiary/aromatic N) is 1. The average Bonchev–Trinajstić information content (AvgIpc) is 3.18. The fourth-order valence-corrected chi connectivity index (χ4v) is 2.26. The lowest BCUT2D eigenvalue weighted by Gasteiger charge is -2.30. The van der Waals surface area contributed by atoms with Gasteiger partial charge in [-0.15, -0.1) is 0 Å². The van der Waals surface area contributed by atoms with Gasteiger partial charge in [0.25, 0.3) is 0 Å². The zero-order valence-corrected chi connectivity index (χ0v) is 12.1. The highest BCUT2D eigenvalue weighted by Gasteiger charge is 2.28. The van der Waals surface area contributed by atoms with Crippen molar-refractivity contribution in [1.82, 2.24) is 0 Å². The molecule has 0 radical (unpaired) electrons. The number of carbonyl (C=O) groups is 1. The zero-order chi connectivity index (χ0) is 15.6. The van der Waals surface area contributed by atoms with Crippen LogP contribution in [0.15, 0.2) is 18.2 Å². The van der Waals surface area contributed by atoms with E-state index in [0.29, 0.717) is 12.5 Å². The van der Waals surface area contributed by atoms with Crippen LogP contribution in [-0.4, -0.2) is 23.7 Å². The average molecular weight is 295 g/mol. The van der Waals surface area contributed by atoms with Crippen molar-refractivity contribution in [2.75, 3.05) is 11.4 Å². The Morgan fingerprint density at radius 1 is 1.38 bits per heavy atom. The minimum Gasteiger partial charge on any atom is -0.478 e. The number of benzene rings is 1. The predicted molar refractivity (Wildman–Crippen MR) is 78.2 cm³/mol. The SMILES string of the molecule is CC(C)N(CC1CC1)c1c(F)cc(C=CC(=O)O)cc1F. The van der Waals surface area contributed by atoms with Gasteiger partial charge in [0, 0.05) is 18.7 Å². The van der Waals surface area contributed by atoms with E-state index < -0.39 is 17.6 Å². The van der Waals surface area contributed by atoms with E-state index in [0.717, 1.165) is 18.9 Å². The Bertz CT molecular complexity index is 542. The topological polar surface area (TPSA) is 40.5 Å². The smallest absolute Gasteiger partial charge is 0.328 e. The molecule has 0 bridgehead atoms. The summed E-state index contributed by atoms with van der Waals surface area (Å²) in [6.45, 7) is 4.45. The molecular weight excluding hydrogens is 276 g/mol. The van der Waals surface area contributed by atoms with Crippen molar-refractivity contribution in [1.29, 1.82) is 0 Å². The predicted octanol–water partition coefficient (Wildman–Crippen LogP) is 3.69. The molecule has 21 heavy (non-hydrogen) atoms. The van der Waals surface area contributed by atoms with Crippen molar-refractivity contribution in [2.45, 2.75) is 32.7 Å². The van der Waals surface area contributed by atoms with Gasteiger partial charge in [0.1, 0.15) is 17.3 Å². The van der Waals surface area contributed by atoms with E-state index in [-0.39, 0.29) is 17.3 Å². The van der Waals surface area contributed by atoms with Gasteiger partial charge < -0.3 is 10.0 Å². The Hall–Kier alpha value is -1.91. The van der Waals surface area contributed by atoms with Crippen LogP contribution < -0.4 is 4.90 Å². The molecule has 0 unspecified atom stereocenters. The van der Waals surface area contributed by atoms with Crippen molar-refractivity contribution >= 4 is 17.7 Å². The van der Waals surface area contributed by atoms with Crippen LogP contribution in [0.25, 0.3) is 6.08 Å². The quantitative estimate of drug-likeness (QED) is 0.814. The second-order valence-electron chi connectivity index (χ2n) is 5.69. The number of rotatable bonds is 6. The Labute approximate surface area is 122 Å². The molecule has 0 heterocycles. The van der Waals surface area contributed by atoms with E-state index in [1.165, 1.54) is 18.2 Å². The number of halogens is 2. The van der Waals surface area contributed by atoms with Crippen molar-refractivity contribution in [3.63, 3.8) is 0 Å². The summed E-state index contributed by atoms with van der Waals surface area (Å²) in [6.07, 6.45) is 4.24. The molecule has 0 atom stereocenters. The maximum Gasteiger partial charge on any atom is 0.328 e. The molecule has 1 aromatic rings. The van der Waals surface area contributed by atoms with E-state index in [4.69, 9.17) is 5.11 Å². The van der Waals surface area contributed by atoms with E-state index >= 15 is 0 Å². The van der Waals surface area contributed by atoms with Crippen LogP contribution in [0.3, 0.4) is 0 Å². The summed E-state index contributed by atoms with van der Waals surface area (Å²) in [5.74, 6) is -1.96. The largest absolute Gasteiger partial charge is 0.478 e. The molecule has 1 N–H and O–H groups in total. The monoisotopic (exact) mass is 295 g/mol. The Kier molecular flexibility index (Phi) is 4.60. The maximum atomic E-state index is 14.3. The molecule has 2 rings (SSSR count). The minimum absolute atomic E-state index is 0.00462. The molecule has 1 aliphatic rings. The molecule has 0 saturated heterocycles. The number of aliphatic carboxylic acids is 1. The summed E-state index contributed by atoms with van der Waals surface area (Å²) in [4.78, 5) is 12.2. The van der Waals surface area contributed by atoms with Crippen LogP contribution in [0.5, 0.6) is 0 Å². The summed E-state index contributed by atoms with van der Waals surface area (Å²) in [6, 6.07) is 2.33. The van der Waals surface area contributed by atoms with E-state index in [2.05, 4.69) is 0 Å². The molecule has 0 amide bonds. The molecule has 1 fully saturated rings. The second kappa shape index (κ2) is 6.24. The van der Waals surface area contributed by atoms with Gasteiger partial charge in [0.05, 0.1) is 0 Å². The maximum absolute atomic E-state index is 14.3. The number of anilines is 1. The molecule has 1 aromatic carbocycles. The number of hydrogen-bond donors (Lipinski definition) is 1. The third-order valence-electron chi connectivity index (χ3n) is 3.52. The zero-order valence-electron chi connectivity index (χ0n) is 12.1. The molecule has 5 heteroatoms. The van der Waals surface area contributed by atoms with Gasteiger partial charge in [0.2, 0.25) is 0 Å². The third-order valence-corrected chi connectivity index (χ3v) is 3.52. The van der Waals surface area contributed by atoms with Gasteiger partial charge in [-0.3, -0.25) is 0 Å². The fraction of sp³-hybridized carbons (Fsp3) is 0.438. The van der Waals surface area contributed by atoms with Crippen molar-refractivity contribution in [3.8, 4) is 0 Å². The van der Waals surface area contributed by atoms with Crippen molar-refractivity contribution in [3.05, 3.63) is 35.4 Å². The van der Waals surface area contributed by atoms with Crippen LogP contribution in [-0.2, 0) is 4.79 Å². The summed E-state index contributed by atoms with van der Waals surface area (Å²) in [7, 11) is 0. The van der Waals surface area contributed by atoms with Crippen LogP contribution in [0.4, 0.5) is 14.5 Å². The second-order valence-corrected chi connectivity index (χ2v) is 5.69. The van der Waals surface area contributed by atoms with Gasteiger partial charge in [-0.2, -0.15) is 0 Å². The Morgan fingerprint density at radius 2 is 1.95 bits per heavy atom. The molecule has 0 aromatic heterocycles. The van der Waals surface area contributed by atoms with Crippen LogP contribution in [0.1, 0.15) is 32.3 Å². The minimum atomic E-state index is -1.16. The molecule has 1 aliphatic carbocycles. The summed E-state index contributed by atoms with van der Waals surface area (Å²) in [5, 5.41) is 8.55. The van der Waals surface area contributed by atoms with Crippen LogP contribution >= 0.6 is 0 Å². The van der Waals surface area contributed by atoms with E-state index in [9.17, 15) is 13.6 Å². The fourth-order valence-electron chi connectivity index (χ4n) is 2.26.